The van der Waals surface area contributed by atoms with Crippen LogP contribution in [0.4, 0.5) is 0 Å². The fourth-order valence-corrected chi connectivity index (χ4v) is 3.70. The van der Waals surface area contributed by atoms with Crippen molar-refractivity contribution in [3.05, 3.63) is 64.4 Å². The Morgan fingerprint density at radius 1 is 1.13 bits per heavy atom. The van der Waals surface area contributed by atoms with Crippen molar-refractivity contribution in [2.24, 2.45) is 0 Å². The average Bonchev–Trinajstić information content (AvgIpc) is 3.14. The lowest BCUT2D eigenvalue weighted by molar-refractivity contribution is 0.0170. The highest BCUT2D eigenvalue weighted by molar-refractivity contribution is 7.10. The van der Waals surface area contributed by atoms with Crippen LogP contribution in [0.1, 0.15) is 16.5 Å². The van der Waals surface area contributed by atoms with E-state index in [0.717, 1.165) is 39.4 Å². The Kier molecular flexibility index (Phi) is 6.41. The molecule has 23 heavy (non-hydrogen) atoms. The van der Waals surface area contributed by atoms with Gasteiger partial charge in [0, 0.05) is 31.1 Å². The van der Waals surface area contributed by atoms with Gasteiger partial charge < -0.3 is 10.1 Å². The van der Waals surface area contributed by atoms with E-state index in [2.05, 4.69) is 64.1 Å². The number of morpholine rings is 1. The Bertz CT molecular complexity index is 577. The van der Waals surface area contributed by atoms with Gasteiger partial charge in [-0.05, 0) is 17.0 Å². The van der Waals surface area contributed by atoms with Gasteiger partial charge in [-0.15, -0.1) is 11.3 Å². The Morgan fingerprint density at radius 2 is 1.96 bits per heavy atom. The summed E-state index contributed by atoms with van der Waals surface area (Å²) >= 11 is 1.84. The zero-order valence-electron chi connectivity index (χ0n) is 13.4. The lowest BCUT2D eigenvalue weighted by atomic mass is 10.2. The van der Waals surface area contributed by atoms with Crippen LogP contribution >= 0.6 is 11.3 Å². The van der Waals surface area contributed by atoms with E-state index in [-0.39, 0.29) is 0 Å². The maximum atomic E-state index is 5.49. The first-order valence-corrected chi connectivity index (χ1v) is 9.09. The number of benzene rings is 1. The van der Waals surface area contributed by atoms with Crippen molar-refractivity contribution in [3.63, 3.8) is 0 Å². The van der Waals surface area contributed by atoms with Crippen LogP contribution in [0.2, 0.25) is 0 Å². The van der Waals surface area contributed by atoms with E-state index in [0.29, 0.717) is 6.04 Å². The molecule has 2 aromatic rings. The molecular formula is C19H24N2OS. The average molecular weight is 328 g/mol. The second-order valence-electron chi connectivity index (χ2n) is 5.65. The summed E-state index contributed by atoms with van der Waals surface area (Å²) in [6.07, 6.45) is 4.36. The monoisotopic (exact) mass is 328 g/mol. The van der Waals surface area contributed by atoms with Crippen molar-refractivity contribution < 1.29 is 4.74 Å². The van der Waals surface area contributed by atoms with Gasteiger partial charge in [-0.25, -0.2) is 0 Å². The van der Waals surface area contributed by atoms with Crippen LogP contribution in [0.3, 0.4) is 0 Å². The third-order valence-corrected chi connectivity index (χ3v) is 5.04. The molecule has 1 aromatic carbocycles. The van der Waals surface area contributed by atoms with Gasteiger partial charge in [0.1, 0.15) is 0 Å². The molecule has 1 fully saturated rings. The maximum Gasteiger partial charge on any atom is 0.0594 e. The van der Waals surface area contributed by atoms with E-state index in [4.69, 9.17) is 4.74 Å². The van der Waals surface area contributed by atoms with Gasteiger partial charge in [0.15, 0.2) is 0 Å². The number of hydrogen-bond acceptors (Lipinski definition) is 4. The lowest BCUT2D eigenvalue weighted by Crippen LogP contribution is -2.42. The van der Waals surface area contributed by atoms with Crippen LogP contribution in [0.25, 0.3) is 6.08 Å². The summed E-state index contributed by atoms with van der Waals surface area (Å²) in [7, 11) is 0. The topological polar surface area (TPSA) is 24.5 Å². The molecule has 1 N–H and O–H groups in total. The van der Waals surface area contributed by atoms with Gasteiger partial charge >= 0.3 is 0 Å². The highest BCUT2D eigenvalue weighted by Gasteiger charge is 2.22. The van der Waals surface area contributed by atoms with Crippen LogP contribution < -0.4 is 5.32 Å². The van der Waals surface area contributed by atoms with E-state index in [9.17, 15) is 0 Å². The van der Waals surface area contributed by atoms with Gasteiger partial charge in [-0.3, -0.25) is 4.90 Å². The van der Waals surface area contributed by atoms with Crippen molar-refractivity contribution >= 4 is 17.4 Å². The van der Waals surface area contributed by atoms with Gasteiger partial charge in [-0.2, -0.15) is 0 Å². The number of thiophene rings is 1. The molecule has 1 aromatic heterocycles. The van der Waals surface area contributed by atoms with E-state index >= 15 is 0 Å². The number of hydrogen-bond donors (Lipinski definition) is 1. The minimum atomic E-state index is 0.448. The van der Waals surface area contributed by atoms with Crippen molar-refractivity contribution in [1.29, 1.82) is 0 Å². The Balaban J connectivity index is 1.51. The largest absolute Gasteiger partial charge is 0.379 e. The number of nitrogens with zero attached hydrogens (tertiary/aromatic N) is 1. The summed E-state index contributed by atoms with van der Waals surface area (Å²) in [6.45, 7) is 5.58. The molecule has 0 radical (unpaired) electrons. The maximum absolute atomic E-state index is 5.49. The van der Waals surface area contributed by atoms with E-state index in [1.807, 2.05) is 17.4 Å². The first kappa shape index (κ1) is 16.4. The molecule has 3 rings (SSSR count). The molecule has 1 aliphatic rings. The van der Waals surface area contributed by atoms with Crippen LogP contribution in [-0.2, 0) is 4.74 Å². The number of rotatable bonds is 7. The lowest BCUT2D eigenvalue weighted by Gasteiger charge is -2.34. The fourth-order valence-electron chi connectivity index (χ4n) is 2.84. The Morgan fingerprint density at radius 3 is 2.70 bits per heavy atom. The molecule has 122 valence electrons. The Labute approximate surface area is 142 Å². The van der Waals surface area contributed by atoms with Crippen LogP contribution in [0, 0.1) is 0 Å². The molecule has 1 aliphatic heterocycles. The molecule has 0 amide bonds. The summed E-state index contributed by atoms with van der Waals surface area (Å²) in [6, 6.07) is 15.3. The zero-order valence-corrected chi connectivity index (χ0v) is 14.2. The van der Waals surface area contributed by atoms with E-state index in [1.165, 1.54) is 10.4 Å². The molecule has 0 saturated carbocycles. The predicted molar refractivity (Wildman–Crippen MR) is 97.8 cm³/mol. The van der Waals surface area contributed by atoms with Crippen LogP contribution in [-0.4, -0.2) is 44.3 Å². The fraction of sp³-hybridized carbons (Fsp3) is 0.368. The quantitative estimate of drug-likeness (QED) is 0.788. The summed E-state index contributed by atoms with van der Waals surface area (Å²) in [5.41, 5.74) is 1.25. The second-order valence-corrected chi connectivity index (χ2v) is 6.63. The SMILES string of the molecule is C(=C\c1ccccc1)/CNCC(c1cccs1)N1CCOCC1. The van der Waals surface area contributed by atoms with Crippen molar-refractivity contribution in [1.82, 2.24) is 10.2 Å². The van der Waals surface area contributed by atoms with Crippen molar-refractivity contribution in [2.45, 2.75) is 6.04 Å². The van der Waals surface area contributed by atoms with Gasteiger partial charge in [0.05, 0.1) is 19.3 Å². The highest BCUT2D eigenvalue weighted by atomic mass is 32.1. The molecule has 1 unspecified atom stereocenters. The second kappa shape index (κ2) is 8.99. The van der Waals surface area contributed by atoms with Gasteiger partial charge in [-0.1, -0.05) is 48.6 Å². The summed E-state index contributed by atoms with van der Waals surface area (Å²) in [5.74, 6) is 0. The number of nitrogens with one attached hydrogen (secondary N) is 1. The van der Waals surface area contributed by atoms with Crippen molar-refractivity contribution in [3.8, 4) is 0 Å². The first-order valence-electron chi connectivity index (χ1n) is 8.21. The normalized spacial score (nSPS) is 17.6. The summed E-state index contributed by atoms with van der Waals surface area (Å²) in [5, 5.41) is 5.74. The highest BCUT2D eigenvalue weighted by Crippen LogP contribution is 2.25. The van der Waals surface area contributed by atoms with Crippen molar-refractivity contribution in [2.75, 3.05) is 39.4 Å². The summed E-state index contributed by atoms with van der Waals surface area (Å²) < 4.78 is 5.49. The molecule has 1 atom stereocenters. The minimum absolute atomic E-state index is 0.448. The first-order chi connectivity index (χ1) is 11.4. The molecule has 0 spiro atoms. The molecule has 0 bridgehead atoms. The third kappa shape index (κ3) is 5.01. The molecule has 1 saturated heterocycles. The summed E-state index contributed by atoms with van der Waals surface area (Å²) in [4.78, 5) is 3.97. The predicted octanol–water partition coefficient (Wildman–Crippen LogP) is 3.42. The third-order valence-electron chi connectivity index (χ3n) is 4.07. The van der Waals surface area contributed by atoms with E-state index in [1.54, 1.807) is 0 Å². The standard InChI is InChI=1S/C19H24N2OS/c1-2-6-17(7-3-1)8-4-10-20-16-18(19-9-5-15-23-19)21-11-13-22-14-12-21/h1-9,15,18,20H,10-14,16H2/b8-4+. The van der Waals surface area contributed by atoms with Crippen LogP contribution in [0.15, 0.2) is 53.9 Å². The van der Waals surface area contributed by atoms with Crippen LogP contribution in [0.5, 0.6) is 0 Å². The molecule has 3 nitrogen and oxygen atoms in total. The number of ether oxygens (including phenoxy) is 1. The smallest absolute Gasteiger partial charge is 0.0594 e. The minimum Gasteiger partial charge on any atom is -0.379 e. The van der Waals surface area contributed by atoms with Gasteiger partial charge in [0.25, 0.3) is 0 Å². The zero-order chi connectivity index (χ0) is 15.7. The molecular weight excluding hydrogens is 304 g/mol. The molecule has 2 heterocycles. The molecule has 4 heteroatoms. The van der Waals surface area contributed by atoms with E-state index < -0.39 is 0 Å². The Hall–Kier alpha value is -1.46. The molecule has 0 aliphatic carbocycles. The van der Waals surface area contributed by atoms with Gasteiger partial charge in [0.2, 0.25) is 0 Å².